The molecule has 1 aromatic rings. The van der Waals surface area contributed by atoms with Crippen LogP contribution in [0.5, 0.6) is 0 Å². The number of hydrogen-bond acceptors (Lipinski definition) is 3. The summed E-state index contributed by atoms with van der Waals surface area (Å²) in [5.41, 5.74) is 7.38. The van der Waals surface area contributed by atoms with E-state index in [0.29, 0.717) is 12.3 Å². The number of aryl methyl sites for hydroxylation is 1. The molecule has 1 rings (SSSR count). The molecule has 0 spiro atoms. The van der Waals surface area contributed by atoms with Crippen molar-refractivity contribution in [3.8, 4) is 0 Å². The molecule has 0 saturated carbocycles. The van der Waals surface area contributed by atoms with Crippen LogP contribution in [0.15, 0.2) is 24.3 Å². The molecule has 88 valence electrons. The van der Waals surface area contributed by atoms with Gasteiger partial charge >= 0.3 is 0 Å². The van der Waals surface area contributed by atoms with Gasteiger partial charge in [-0.05, 0) is 43.3 Å². The van der Waals surface area contributed by atoms with Gasteiger partial charge in [0.25, 0.3) is 0 Å². The highest BCUT2D eigenvalue weighted by Crippen LogP contribution is 2.10. The van der Waals surface area contributed by atoms with Crippen molar-refractivity contribution in [1.82, 2.24) is 0 Å². The van der Waals surface area contributed by atoms with Crippen LogP contribution in [0.25, 0.3) is 0 Å². The summed E-state index contributed by atoms with van der Waals surface area (Å²) in [5.74, 6) is 1.48. The molecule has 0 aliphatic heterocycles. The predicted molar refractivity (Wildman–Crippen MR) is 70.8 cm³/mol. The molecule has 0 bridgehead atoms. The van der Waals surface area contributed by atoms with E-state index in [1.807, 2.05) is 31.2 Å². The third-order valence-corrected chi connectivity index (χ3v) is 3.07. The topological polar surface area (TPSA) is 55.1 Å². The Bertz CT molecular complexity index is 342. The minimum atomic E-state index is 0.0487. The van der Waals surface area contributed by atoms with Crippen LogP contribution in [0.2, 0.25) is 0 Å². The van der Waals surface area contributed by atoms with Gasteiger partial charge in [-0.15, -0.1) is 0 Å². The van der Waals surface area contributed by atoms with Crippen LogP contribution in [-0.2, 0) is 4.79 Å². The Morgan fingerprint density at radius 2 is 2.31 bits per heavy atom. The maximum Gasteiger partial charge on any atom is 0.234 e. The first-order valence-corrected chi connectivity index (χ1v) is 6.52. The second-order valence-corrected chi connectivity index (χ2v) is 4.72. The van der Waals surface area contributed by atoms with Crippen molar-refractivity contribution in [2.75, 3.05) is 23.4 Å². The molecule has 3 nitrogen and oxygen atoms in total. The van der Waals surface area contributed by atoms with Gasteiger partial charge in [0, 0.05) is 5.69 Å². The summed E-state index contributed by atoms with van der Waals surface area (Å²) >= 11 is 1.62. The molecule has 0 fully saturated rings. The minimum absolute atomic E-state index is 0.0487. The van der Waals surface area contributed by atoms with Gasteiger partial charge in [-0.3, -0.25) is 4.79 Å². The first-order chi connectivity index (χ1) is 7.72. The third kappa shape index (κ3) is 5.19. The summed E-state index contributed by atoms with van der Waals surface area (Å²) in [7, 11) is 0. The first kappa shape index (κ1) is 13.1. The van der Waals surface area contributed by atoms with E-state index in [4.69, 9.17) is 5.73 Å². The Kier molecular flexibility index (Phi) is 5.96. The maximum absolute atomic E-state index is 11.5. The van der Waals surface area contributed by atoms with E-state index < -0.39 is 0 Å². The van der Waals surface area contributed by atoms with E-state index in [0.717, 1.165) is 23.4 Å². The molecular formula is C12H18N2OS. The Labute approximate surface area is 101 Å². The molecule has 0 aliphatic rings. The summed E-state index contributed by atoms with van der Waals surface area (Å²) in [6, 6.07) is 7.80. The quantitative estimate of drug-likeness (QED) is 0.745. The number of thioether (sulfide) groups is 1. The van der Waals surface area contributed by atoms with Crippen molar-refractivity contribution in [2.45, 2.75) is 13.3 Å². The molecule has 0 aliphatic carbocycles. The fourth-order valence-electron chi connectivity index (χ4n) is 1.27. The number of anilines is 1. The second kappa shape index (κ2) is 7.30. The van der Waals surface area contributed by atoms with E-state index in [1.165, 1.54) is 0 Å². The lowest BCUT2D eigenvalue weighted by Crippen LogP contribution is -2.14. The molecule has 1 amide bonds. The number of hydrogen-bond donors (Lipinski definition) is 2. The Morgan fingerprint density at radius 3 is 3.00 bits per heavy atom. The lowest BCUT2D eigenvalue weighted by Gasteiger charge is -2.05. The van der Waals surface area contributed by atoms with Crippen LogP contribution in [-0.4, -0.2) is 24.0 Å². The Hall–Kier alpha value is -1.00. The molecular weight excluding hydrogens is 220 g/mol. The Morgan fingerprint density at radius 1 is 1.50 bits per heavy atom. The standard InChI is InChI=1S/C12H18N2OS/c1-10-4-2-5-11(8-10)14-12(15)9-16-7-3-6-13/h2,4-5,8H,3,6-7,9,13H2,1H3,(H,14,15). The number of rotatable bonds is 6. The number of nitrogens with two attached hydrogens (primary N) is 1. The lowest BCUT2D eigenvalue weighted by atomic mass is 10.2. The van der Waals surface area contributed by atoms with Crippen LogP contribution in [0.4, 0.5) is 5.69 Å². The number of amides is 1. The van der Waals surface area contributed by atoms with Gasteiger partial charge in [0.05, 0.1) is 5.75 Å². The molecule has 16 heavy (non-hydrogen) atoms. The lowest BCUT2D eigenvalue weighted by molar-refractivity contribution is -0.113. The van der Waals surface area contributed by atoms with Gasteiger partial charge < -0.3 is 11.1 Å². The van der Waals surface area contributed by atoms with Gasteiger partial charge in [0.2, 0.25) is 5.91 Å². The molecule has 0 heterocycles. The van der Waals surface area contributed by atoms with Crippen molar-refractivity contribution in [1.29, 1.82) is 0 Å². The number of nitrogens with one attached hydrogen (secondary N) is 1. The summed E-state index contributed by atoms with van der Waals surface area (Å²) in [6.45, 7) is 2.69. The van der Waals surface area contributed by atoms with E-state index in [9.17, 15) is 4.79 Å². The molecule has 4 heteroatoms. The van der Waals surface area contributed by atoms with E-state index in [2.05, 4.69) is 5.32 Å². The third-order valence-electron chi connectivity index (χ3n) is 2.03. The zero-order chi connectivity index (χ0) is 11.8. The summed E-state index contributed by atoms with van der Waals surface area (Å²) < 4.78 is 0. The van der Waals surface area contributed by atoms with Crippen LogP contribution >= 0.6 is 11.8 Å². The highest BCUT2D eigenvalue weighted by Gasteiger charge is 2.01. The SMILES string of the molecule is Cc1cccc(NC(=O)CSCCCN)c1. The zero-order valence-electron chi connectivity index (χ0n) is 9.53. The van der Waals surface area contributed by atoms with Gasteiger partial charge in [-0.25, -0.2) is 0 Å². The predicted octanol–water partition coefficient (Wildman–Crippen LogP) is 2.02. The molecule has 3 N–H and O–H groups in total. The van der Waals surface area contributed by atoms with Gasteiger partial charge in [0.15, 0.2) is 0 Å². The highest BCUT2D eigenvalue weighted by atomic mass is 32.2. The molecule has 0 radical (unpaired) electrons. The average molecular weight is 238 g/mol. The average Bonchev–Trinajstić information content (AvgIpc) is 2.24. The van der Waals surface area contributed by atoms with Crippen molar-refractivity contribution < 1.29 is 4.79 Å². The van der Waals surface area contributed by atoms with E-state index in [1.54, 1.807) is 11.8 Å². The fraction of sp³-hybridized carbons (Fsp3) is 0.417. The molecule has 0 unspecified atom stereocenters. The largest absolute Gasteiger partial charge is 0.330 e. The second-order valence-electron chi connectivity index (χ2n) is 3.61. The highest BCUT2D eigenvalue weighted by molar-refractivity contribution is 7.99. The first-order valence-electron chi connectivity index (χ1n) is 5.36. The van der Waals surface area contributed by atoms with Crippen LogP contribution < -0.4 is 11.1 Å². The molecule has 0 saturated heterocycles. The fourth-order valence-corrected chi connectivity index (χ4v) is 2.04. The monoisotopic (exact) mass is 238 g/mol. The maximum atomic E-state index is 11.5. The van der Waals surface area contributed by atoms with Crippen molar-refractivity contribution >= 4 is 23.4 Å². The van der Waals surface area contributed by atoms with Gasteiger partial charge in [0.1, 0.15) is 0 Å². The molecule has 0 aromatic heterocycles. The van der Waals surface area contributed by atoms with Crippen LogP contribution in [0.3, 0.4) is 0 Å². The molecule has 0 atom stereocenters. The summed E-state index contributed by atoms with van der Waals surface area (Å²) in [6.07, 6.45) is 0.961. The molecule has 1 aromatic carbocycles. The number of carbonyl (C=O) groups excluding carboxylic acids is 1. The Balaban J connectivity index is 2.29. The zero-order valence-corrected chi connectivity index (χ0v) is 10.3. The van der Waals surface area contributed by atoms with Gasteiger partial charge in [-0.1, -0.05) is 12.1 Å². The minimum Gasteiger partial charge on any atom is -0.330 e. The summed E-state index contributed by atoms with van der Waals surface area (Å²) in [4.78, 5) is 11.5. The summed E-state index contributed by atoms with van der Waals surface area (Å²) in [5, 5.41) is 2.87. The normalized spacial score (nSPS) is 10.1. The van der Waals surface area contributed by atoms with Crippen molar-refractivity contribution in [2.24, 2.45) is 5.73 Å². The smallest absolute Gasteiger partial charge is 0.234 e. The van der Waals surface area contributed by atoms with Crippen LogP contribution in [0, 0.1) is 6.92 Å². The van der Waals surface area contributed by atoms with Crippen molar-refractivity contribution in [3.63, 3.8) is 0 Å². The number of benzene rings is 1. The van der Waals surface area contributed by atoms with E-state index in [-0.39, 0.29) is 5.91 Å². The van der Waals surface area contributed by atoms with Gasteiger partial charge in [-0.2, -0.15) is 11.8 Å². The number of carbonyl (C=O) groups is 1. The van der Waals surface area contributed by atoms with E-state index >= 15 is 0 Å². The van der Waals surface area contributed by atoms with Crippen LogP contribution in [0.1, 0.15) is 12.0 Å². The van der Waals surface area contributed by atoms with Crippen molar-refractivity contribution in [3.05, 3.63) is 29.8 Å².